The van der Waals surface area contributed by atoms with Crippen molar-refractivity contribution in [3.63, 3.8) is 0 Å². The first kappa shape index (κ1) is 9.98. The van der Waals surface area contributed by atoms with Crippen molar-refractivity contribution in [1.82, 2.24) is 9.97 Å². The minimum Gasteiger partial charge on any atom is -0.385 e. The quantitative estimate of drug-likeness (QED) is 0.693. The Bertz CT molecular complexity index is 394. The highest BCUT2D eigenvalue weighted by Crippen LogP contribution is 2.23. The smallest absolute Gasteiger partial charge is 0.197 e. The summed E-state index contributed by atoms with van der Waals surface area (Å²) in [6, 6.07) is 0. The maximum atomic E-state index is 10.1. The zero-order valence-electron chi connectivity index (χ0n) is 8.48. The number of anilines is 1. The first-order valence-electron chi connectivity index (χ1n) is 5.04. The predicted molar refractivity (Wildman–Crippen MR) is 59.2 cm³/mol. The molecule has 2 rings (SSSR count). The Labute approximate surface area is 88.5 Å². The Morgan fingerprint density at radius 1 is 1.53 bits per heavy atom. The summed E-state index contributed by atoms with van der Waals surface area (Å²) in [7, 11) is 0. The van der Waals surface area contributed by atoms with Crippen LogP contribution >= 0.6 is 0 Å². The van der Waals surface area contributed by atoms with Crippen molar-refractivity contribution < 1.29 is 5.11 Å². The molecule has 0 aliphatic heterocycles. The summed E-state index contributed by atoms with van der Waals surface area (Å²) in [5.74, 6) is 0.427. The number of aromatic nitrogens is 2. The molecule has 1 unspecified atom stereocenters. The fraction of sp³-hybridized carbons (Fsp3) is 0.364. The van der Waals surface area contributed by atoms with Crippen LogP contribution in [0.3, 0.4) is 0 Å². The summed E-state index contributed by atoms with van der Waals surface area (Å²) in [4.78, 5) is 6.92. The van der Waals surface area contributed by atoms with Crippen LogP contribution in [0.4, 0.5) is 5.95 Å². The predicted octanol–water partition coefficient (Wildman–Crippen LogP) is 1.17. The highest BCUT2D eigenvalue weighted by molar-refractivity contribution is 5.21. The highest BCUT2D eigenvalue weighted by Gasteiger charge is 2.23. The average molecular weight is 205 g/mol. The first-order valence-corrected chi connectivity index (χ1v) is 5.04. The number of H-pyrrole nitrogens is 1. The number of allylic oxidation sites excluding steroid dienone is 2. The number of nitrogens with two attached hydrogens (primary N) is 1. The summed E-state index contributed by atoms with van der Waals surface area (Å²) in [6.07, 6.45) is 11.5. The van der Waals surface area contributed by atoms with Crippen LogP contribution < -0.4 is 5.73 Å². The zero-order chi connectivity index (χ0) is 10.7. The molecule has 0 aromatic carbocycles. The number of hydrogen-bond acceptors (Lipinski definition) is 3. The fourth-order valence-electron chi connectivity index (χ4n) is 1.69. The van der Waals surface area contributed by atoms with Gasteiger partial charge < -0.3 is 15.8 Å². The van der Waals surface area contributed by atoms with Crippen molar-refractivity contribution in [1.29, 1.82) is 0 Å². The van der Waals surface area contributed by atoms with E-state index < -0.39 is 5.60 Å². The SMILES string of the molecule is Nc1nc(CCC2(O)C=CC=CC2)c[nH]1. The topological polar surface area (TPSA) is 74.9 Å². The van der Waals surface area contributed by atoms with Crippen molar-refractivity contribution in [2.75, 3.05) is 5.73 Å². The molecule has 0 fully saturated rings. The van der Waals surface area contributed by atoms with Gasteiger partial charge in [-0.2, -0.15) is 0 Å². The van der Waals surface area contributed by atoms with Gasteiger partial charge in [0.15, 0.2) is 5.95 Å². The first-order chi connectivity index (χ1) is 7.18. The number of nitrogens with one attached hydrogen (secondary N) is 1. The van der Waals surface area contributed by atoms with Crippen LogP contribution in [0.25, 0.3) is 0 Å². The van der Waals surface area contributed by atoms with Gasteiger partial charge in [-0.25, -0.2) is 4.98 Å². The summed E-state index contributed by atoms with van der Waals surface area (Å²) in [5, 5.41) is 10.1. The van der Waals surface area contributed by atoms with Crippen LogP contribution in [-0.2, 0) is 6.42 Å². The van der Waals surface area contributed by atoms with E-state index in [1.807, 2.05) is 24.3 Å². The number of aryl methyl sites for hydroxylation is 1. The third-order valence-electron chi connectivity index (χ3n) is 2.59. The lowest BCUT2D eigenvalue weighted by Gasteiger charge is -2.24. The fourth-order valence-corrected chi connectivity index (χ4v) is 1.69. The van der Waals surface area contributed by atoms with E-state index in [0.717, 1.165) is 12.1 Å². The van der Waals surface area contributed by atoms with Crippen molar-refractivity contribution in [2.45, 2.75) is 24.9 Å². The molecule has 1 atom stereocenters. The molecule has 1 aromatic heterocycles. The van der Waals surface area contributed by atoms with Crippen LogP contribution in [0, 0.1) is 0 Å². The molecule has 0 spiro atoms. The standard InChI is InChI=1S/C11H15N3O/c12-10-13-8-9(14-10)4-7-11(15)5-2-1-3-6-11/h1-3,5,8,15H,4,6-7H2,(H3,12,13,14). The molecule has 4 N–H and O–H groups in total. The third kappa shape index (κ3) is 2.47. The van der Waals surface area contributed by atoms with Crippen LogP contribution in [0.5, 0.6) is 0 Å². The molecule has 4 heteroatoms. The van der Waals surface area contributed by atoms with Crippen molar-refractivity contribution >= 4 is 5.95 Å². The summed E-state index contributed by atoms with van der Waals surface area (Å²) >= 11 is 0. The molecular formula is C11H15N3O. The second-order valence-electron chi connectivity index (χ2n) is 3.87. The van der Waals surface area contributed by atoms with Gasteiger partial charge in [0.1, 0.15) is 0 Å². The van der Waals surface area contributed by atoms with Crippen molar-refractivity contribution in [3.05, 3.63) is 36.2 Å². The maximum Gasteiger partial charge on any atom is 0.197 e. The van der Waals surface area contributed by atoms with Gasteiger partial charge >= 0.3 is 0 Å². The van der Waals surface area contributed by atoms with Crippen LogP contribution in [0.1, 0.15) is 18.5 Å². The lowest BCUT2D eigenvalue weighted by Crippen LogP contribution is -2.26. The largest absolute Gasteiger partial charge is 0.385 e. The Morgan fingerprint density at radius 3 is 3.00 bits per heavy atom. The molecule has 1 heterocycles. The Balaban J connectivity index is 1.93. The minimum absolute atomic E-state index is 0.427. The van der Waals surface area contributed by atoms with Crippen LogP contribution in [-0.4, -0.2) is 20.7 Å². The summed E-state index contributed by atoms with van der Waals surface area (Å²) < 4.78 is 0. The van der Waals surface area contributed by atoms with Gasteiger partial charge in [0.2, 0.25) is 0 Å². The molecule has 1 aliphatic rings. The molecule has 0 saturated carbocycles. The lowest BCUT2D eigenvalue weighted by molar-refractivity contribution is 0.0836. The van der Waals surface area contributed by atoms with Crippen LogP contribution in [0.15, 0.2) is 30.5 Å². The molecule has 0 saturated heterocycles. The van der Waals surface area contributed by atoms with E-state index in [0.29, 0.717) is 18.8 Å². The number of rotatable bonds is 3. The van der Waals surface area contributed by atoms with E-state index in [1.165, 1.54) is 0 Å². The number of aliphatic hydroxyl groups is 1. The van der Waals surface area contributed by atoms with E-state index in [2.05, 4.69) is 9.97 Å². The second kappa shape index (κ2) is 3.90. The van der Waals surface area contributed by atoms with Gasteiger partial charge in [-0.1, -0.05) is 24.3 Å². The van der Waals surface area contributed by atoms with E-state index in [-0.39, 0.29) is 0 Å². The van der Waals surface area contributed by atoms with Gasteiger partial charge in [-0.05, 0) is 19.3 Å². The molecule has 0 radical (unpaired) electrons. The molecule has 1 aliphatic carbocycles. The normalized spacial score (nSPS) is 24.6. The van der Waals surface area contributed by atoms with Gasteiger partial charge in [-0.15, -0.1) is 0 Å². The molecular weight excluding hydrogens is 190 g/mol. The second-order valence-corrected chi connectivity index (χ2v) is 3.87. The van der Waals surface area contributed by atoms with Crippen molar-refractivity contribution in [2.24, 2.45) is 0 Å². The molecule has 15 heavy (non-hydrogen) atoms. The number of imidazole rings is 1. The van der Waals surface area contributed by atoms with E-state index in [9.17, 15) is 5.11 Å². The van der Waals surface area contributed by atoms with Gasteiger partial charge in [0, 0.05) is 6.20 Å². The molecule has 0 amide bonds. The number of aromatic amines is 1. The van der Waals surface area contributed by atoms with E-state index >= 15 is 0 Å². The molecule has 1 aromatic rings. The zero-order valence-corrected chi connectivity index (χ0v) is 8.48. The monoisotopic (exact) mass is 205 g/mol. The molecule has 80 valence electrons. The molecule has 0 bridgehead atoms. The van der Waals surface area contributed by atoms with Gasteiger partial charge in [0.05, 0.1) is 11.3 Å². The number of nitrogens with zero attached hydrogens (tertiary/aromatic N) is 1. The lowest BCUT2D eigenvalue weighted by atomic mass is 9.90. The minimum atomic E-state index is -0.720. The van der Waals surface area contributed by atoms with Gasteiger partial charge in [0.25, 0.3) is 0 Å². The molecule has 4 nitrogen and oxygen atoms in total. The highest BCUT2D eigenvalue weighted by atomic mass is 16.3. The maximum absolute atomic E-state index is 10.1. The third-order valence-corrected chi connectivity index (χ3v) is 2.59. The number of nitrogen functional groups attached to an aromatic ring is 1. The van der Waals surface area contributed by atoms with Gasteiger partial charge in [-0.3, -0.25) is 0 Å². The summed E-state index contributed by atoms with van der Waals surface area (Å²) in [6.45, 7) is 0. The Kier molecular flexibility index (Phi) is 2.60. The number of hydrogen-bond donors (Lipinski definition) is 3. The Hall–Kier alpha value is -1.55. The van der Waals surface area contributed by atoms with E-state index in [4.69, 9.17) is 5.73 Å². The van der Waals surface area contributed by atoms with E-state index in [1.54, 1.807) is 6.20 Å². The van der Waals surface area contributed by atoms with Crippen molar-refractivity contribution in [3.8, 4) is 0 Å². The Morgan fingerprint density at radius 2 is 2.40 bits per heavy atom. The van der Waals surface area contributed by atoms with Crippen LogP contribution in [0.2, 0.25) is 0 Å². The average Bonchev–Trinajstić information content (AvgIpc) is 2.63. The summed E-state index contributed by atoms with van der Waals surface area (Å²) in [5.41, 5.74) is 5.64.